The molecule has 1 N–H and O–H groups in total. The molecule has 0 aliphatic carbocycles. The molecule has 0 radical (unpaired) electrons. The number of hydrogen-bond donors (Lipinski definition) is 1. The van der Waals surface area contributed by atoms with Gasteiger partial charge in [0.05, 0.1) is 11.3 Å². The molecular weight excluding hydrogens is 467 g/mol. The number of benzene rings is 2. The van der Waals surface area contributed by atoms with Crippen LogP contribution in [0.4, 0.5) is 13.2 Å². The fourth-order valence-corrected chi connectivity index (χ4v) is 4.68. The third-order valence-corrected chi connectivity index (χ3v) is 6.58. The molecule has 9 heteroatoms. The molecule has 0 aliphatic heterocycles. The second-order valence-corrected chi connectivity index (χ2v) is 9.14. The number of rotatable bonds is 9. The zero-order valence-corrected chi connectivity index (χ0v) is 19.7. The molecule has 2 aromatic carbocycles. The summed E-state index contributed by atoms with van der Waals surface area (Å²) in [6.07, 6.45) is -4.06. The number of aryl methyl sites for hydroxylation is 2. The summed E-state index contributed by atoms with van der Waals surface area (Å²) in [7, 11) is 0. The number of halogens is 3. The number of alkyl halides is 3. The second-order valence-electron chi connectivity index (χ2n) is 8.11. The van der Waals surface area contributed by atoms with Gasteiger partial charge in [0.15, 0.2) is 12.4 Å². The third kappa shape index (κ3) is 6.02. The Bertz CT molecular complexity index is 1200. The van der Waals surface area contributed by atoms with Gasteiger partial charge in [0, 0.05) is 22.4 Å². The van der Waals surface area contributed by atoms with Crippen LogP contribution in [0.25, 0.3) is 10.6 Å². The van der Waals surface area contributed by atoms with Crippen molar-refractivity contribution >= 4 is 23.1 Å². The molecule has 0 unspecified atom stereocenters. The van der Waals surface area contributed by atoms with Gasteiger partial charge in [-0.15, -0.1) is 11.3 Å². The molecule has 0 aliphatic rings. The Balaban J connectivity index is 1.81. The summed E-state index contributed by atoms with van der Waals surface area (Å²) in [5, 5.41) is 9.02. The van der Waals surface area contributed by atoms with Crippen LogP contribution in [-0.4, -0.2) is 28.4 Å². The molecule has 0 atom stereocenters. The van der Waals surface area contributed by atoms with Crippen LogP contribution in [0.3, 0.4) is 0 Å². The van der Waals surface area contributed by atoms with E-state index in [2.05, 4.69) is 4.98 Å². The molecular formula is C25H24F3NO4S. The van der Waals surface area contributed by atoms with Crippen molar-refractivity contribution in [3.8, 4) is 16.3 Å². The number of carbonyl (C=O) groups excluding carboxylic acids is 1. The van der Waals surface area contributed by atoms with Crippen LogP contribution in [0.5, 0.6) is 5.75 Å². The Morgan fingerprint density at radius 3 is 2.47 bits per heavy atom. The average Bonchev–Trinajstić information content (AvgIpc) is 3.20. The SMILES string of the molecule is Cc1cc(C(=O)CCc2nc(-c3ccccc3C(F)(F)F)sc2C(C)C)ccc1OCC(=O)O. The number of thiazole rings is 1. The number of aliphatic carboxylic acids is 1. The minimum absolute atomic E-state index is 0.0343. The molecule has 3 rings (SSSR count). The first kappa shape index (κ1) is 25.4. The number of aromatic nitrogens is 1. The predicted octanol–water partition coefficient (Wildman–Crippen LogP) is 6.54. The van der Waals surface area contributed by atoms with E-state index in [1.165, 1.54) is 23.5 Å². The maximum atomic E-state index is 13.5. The molecule has 5 nitrogen and oxygen atoms in total. The highest BCUT2D eigenvalue weighted by Crippen LogP contribution is 2.40. The second kappa shape index (κ2) is 10.4. The number of carboxylic acid groups (broad SMARTS) is 1. The summed E-state index contributed by atoms with van der Waals surface area (Å²) >= 11 is 1.22. The Kier molecular flexibility index (Phi) is 7.76. The molecule has 180 valence electrons. The molecule has 1 aromatic heterocycles. The molecule has 0 saturated carbocycles. The van der Waals surface area contributed by atoms with Crippen molar-refractivity contribution in [3.63, 3.8) is 0 Å². The fraction of sp³-hybridized carbons (Fsp3) is 0.320. The highest BCUT2D eigenvalue weighted by atomic mass is 32.1. The summed E-state index contributed by atoms with van der Waals surface area (Å²) < 4.78 is 45.6. The minimum Gasteiger partial charge on any atom is -0.482 e. The molecule has 0 fully saturated rings. The van der Waals surface area contributed by atoms with Crippen molar-refractivity contribution in [2.75, 3.05) is 6.61 Å². The van der Waals surface area contributed by atoms with E-state index in [9.17, 15) is 22.8 Å². The van der Waals surface area contributed by atoms with E-state index in [4.69, 9.17) is 9.84 Å². The topological polar surface area (TPSA) is 76.5 Å². The molecule has 0 spiro atoms. The van der Waals surface area contributed by atoms with E-state index in [-0.39, 0.29) is 28.7 Å². The lowest BCUT2D eigenvalue weighted by Gasteiger charge is -2.10. The van der Waals surface area contributed by atoms with Crippen molar-refractivity contribution in [1.82, 2.24) is 4.98 Å². The number of carboxylic acids is 1. The number of carbonyl (C=O) groups is 2. The summed E-state index contributed by atoms with van der Waals surface area (Å²) in [6.45, 7) is 5.13. The van der Waals surface area contributed by atoms with Gasteiger partial charge in [0.1, 0.15) is 10.8 Å². The maximum Gasteiger partial charge on any atom is 0.417 e. The van der Waals surface area contributed by atoms with Crippen molar-refractivity contribution in [1.29, 1.82) is 0 Å². The van der Waals surface area contributed by atoms with Crippen LogP contribution in [0.2, 0.25) is 0 Å². The van der Waals surface area contributed by atoms with Crippen LogP contribution in [0.1, 0.15) is 58.2 Å². The lowest BCUT2D eigenvalue weighted by atomic mass is 10.0. The van der Waals surface area contributed by atoms with E-state index in [1.54, 1.807) is 31.2 Å². The van der Waals surface area contributed by atoms with Crippen molar-refractivity contribution in [2.45, 2.75) is 45.7 Å². The average molecular weight is 492 g/mol. The number of ether oxygens (including phenoxy) is 1. The maximum absolute atomic E-state index is 13.5. The van der Waals surface area contributed by atoms with Crippen LogP contribution < -0.4 is 4.74 Å². The van der Waals surface area contributed by atoms with E-state index in [0.717, 1.165) is 10.9 Å². The van der Waals surface area contributed by atoms with Crippen LogP contribution in [0.15, 0.2) is 42.5 Å². The molecule has 1 heterocycles. The van der Waals surface area contributed by atoms with Gasteiger partial charge in [-0.1, -0.05) is 32.0 Å². The van der Waals surface area contributed by atoms with Gasteiger partial charge in [0.25, 0.3) is 0 Å². The molecule has 0 bridgehead atoms. The summed E-state index contributed by atoms with van der Waals surface area (Å²) in [5.41, 5.74) is 1.01. The van der Waals surface area contributed by atoms with Gasteiger partial charge in [-0.3, -0.25) is 4.79 Å². The molecule has 0 saturated heterocycles. The third-order valence-electron chi connectivity index (χ3n) is 5.15. The highest BCUT2D eigenvalue weighted by Gasteiger charge is 2.34. The zero-order valence-electron chi connectivity index (χ0n) is 18.9. The van der Waals surface area contributed by atoms with Gasteiger partial charge in [0.2, 0.25) is 0 Å². The monoisotopic (exact) mass is 491 g/mol. The molecule has 3 aromatic rings. The summed E-state index contributed by atoms with van der Waals surface area (Å²) in [6, 6.07) is 10.1. The van der Waals surface area contributed by atoms with Gasteiger partial charge < -0.3 is 9.84 Å². The highest BCUT2D eigenvalue weighted by molar-refractivity contribution is 7.15. The lowest BCUT2D eigenvalue weighted by Crippen LogP contribution is -2.10. The van der Waals surface area contributed by atoms with Crippen molar-refractivity contribution in [2.24, 2.45) is 0 Å². The Morgan fingerprint density at radius 2 is 1.85 bits per heavy atom. The summed E-state index contributed by atoms with van der Waals surface area (Å²) in [4.78, 5) is 28.8. The van der Waals surface area contributed by atoms with Gasteiger partial charge >= 0.3 is 12.1 Å². The van der Waals surface area contributed by atoms with E-state index in [0.29, 0.717) is 29.0 Å². The fourth-order valence-electron chi connectivity index (χ4n) is 3.53. The van der Waals surface area contributed by atoms with Crippen molar-refractivity contribution < 1.29 is 32.6 Å². The van der Waals surface area contributed by atoms with Crippen LogP contribution >= 0.6 is 11.3 Å². The zero-order chi connectivity index (χ0) is 25.0. The first-order chi connectivity index (χ1) is 16.0. The number of Topliss-reactive ketones (excluding diaryl/α,β-unsaturated/α-hetero) is 1. The number of hydrogen-bond acceptors (Lipinski definition) is 5. The number of nitrogens with zero attached hydrogens (tertiary/aromatic N) is 1. The van der Waals surface area contributed by atoms with Crippen LogP contribution in [0, 0.1) is 6.92 Å². The molecule has 34 heavy (non-hydrogen) atoms. The van der Waals surface area contributed by atoms with Gasteiger partial charge in [-0.25, -0.2) is 9.78 Å². The predicted molar refractivity (Wildman–Crippen MR) is 124 cm³/mol. The first-order valence-electron chi connectivity index (χ1n) is 10.6. The lowest BCUT2D eigenvalue weighted by molar-refractivity contribution is -0.139. The Hall–Kier alpha value is -3.20. The van der Waals surface area contributed by atoms with E-state index in [1.807, 2.05) is 13.8 Å². The number of ketones is 1. The quantitative estimate of drug-likeness (QED) is 0.344. The van der Waals surface area contributed by atoms with Crippen molar-refractivity contribution in [3.05, 3.63) is 69.7 Å². The van der Waals surface area contributed by atoms with E-state index >= 15 is 0 Å². The minimum atomic E-state index is -4.49. The van der Waals surface area contributed by atoms with Crippen LogP contribution in [-0.2, 0) is 17.4 Å². The Morgan fingerprint density at radius 1 is 1.15 bits per heavy atom. The largest absolute Gasteiger partial charge is 0.482 e. The summed E-state index contributed by atoms with van der Waals surface area (Å²) in [5.74, 6) is -0.815. The first-order valence-corrected chi connectivity index (χ1v) is 11.4. The normalized spacial score (nSPS) is 11.6. The standard InChI is InChI=1S/C25H24F3NO4S/c1-14(2)23-19(29-24(34-23)17-6-4-5-7-18(17)25(26,27)28)9-10-20(30)16-8-11-21(15(3)12-16)33-13-22(31)32/h4-8,11-12,14H,9-10,13H2,1-3H3,(H,31,32). The molecule has 0 amide bonds. The smallest absolute Gasteiger partial charge is 0.417 e. The Labute approximate surface area is 199 Å². The van der Waals surface area contributed by atoms with E-state index < -0.39 is 24.3 Å². The van der Waals surface area contributed by atoms with Gasteiger partial charge in [-0.05, 0) is 49.1 Å². The van der Waals surface area contributed by atoms with Gasteiger partial charge in [-0.2, -0.15) is 13.2 Å².